The van der Waals surface area contributed by atoms with Crippen LogP contribution in [0.3, 0.4) is 0 Å². The van der Waals surface area contributed by atoms with Gasteiger partial charge in [-0.15, -0.1) is 34.0 Å². The van der Waals surface area contributed by atoms with Crippen molar-refractivity contribution in [3.8, 4) is 70.2 Å². The summed E-state index contributed by atoms with van der Waals surface area (Å²) in [4.78, 5) is 16.2. The van der Waals surface area contributed by atoms with E-state index in [-0.39, 0.29) is 0 Å². The molecule has 1 unspecified atom stereocenters. The van der Waals surface area contributed by atoms with Gasteiger partial charge in [0.05, 0.1) is 18.1 Å². The second kappa shape index (κ2) is 23.7. The highest BCUT2D eigenvalue weighted by Crippen LogP contribution is 2.47. The third-order valence-electron chi connectivity index (χ3n) is 9.38. The second-order valence-electron chi connectivity index (χ2n) is 13.9. The van der Waals surface area contributed by atoms with E-state index in [9.17, 15) is 9.46 Å². The normalized spacial score (nSPS) is 11.6. The standard InChI is InChI=1S/C46H57O5PS3/c1-4-7-10-13-14-15-16-17-23-37-24-25-45(53-37)46-29-28-44(55-46)39-34-40(49-30-18-11-8-5-2)38(33-41(39)50-31-19-12-9-6-3)43-27-26-42(54-43)35-21-20-22-36(32-35)51-52(47)48/h20-22,24-29,32-34,52H,4-16,18-19,30-31H2,1-3H3,(H,47,48). The van der Waals surface area contributed by atoms with Crippen LogP contribution >= 0.6 is 42.3 Å². The van der Waals surface area contributed by atoms with Crippen molar-refractivity contribution in [2.75, 3.05) is 13.2 Å². The van der Waals surface area contributed by atoms with Gasteiger partial charge in [-0.1, -0.05) is 115 Å². The fraction of sp³-hybridized carbons (Fsp3) is 0.435. The Balaban J connectivity index is 1.43. The van der Waals surface area contributed by atoms with E-state index in [1.165, 1.54) is 74.0 Å². The first-order chi connectivity index (χ1) is 27.0. The zero-order valence-electron chi connectivity index (χ0n) is 32.8. The summed E-state index contributed by atoms with van der Waals surface area (Å²) in [5.41, 5.74) is 2.98. The highest BCUT2D eigenvalue weighted by Gasteiger charge is 2.19. The Labute approximate surface area is 342 Å². The maximum atomic E-state index is 11.4. The zero-order valence-corrected chi connectivity index (χ0v) is 36.2. The minimum Gasteiger partial charge on any atom is -0.493 e. The molecule has 0 saturated carbocycles. The molecule has 0 fully saturated rings. The molecule has 5 nitrogen and oxygen atoms in total. The molecule has 0 bridgehead atoms. The first-order valence-electron chi connectivity index (χ1n) is 20.2. The Bertz CT molecular complexity index is 1980. The fourth-order valence-electron chi connectivity index (χ4n) is 6.35. The molecular weight excluding hydrogens is 760 g/mol. The van der Waals surface area contributed by atoms with Gasteiger partial charge in [-0.3, -0.25) is 0 Å². The summed E-state index contributed by atoms with van der Waals surface area (Å²) in [7, 11) is -3.09. The molecule has 5 aromatic rings. The number of rotatable bonds is 24. The van der Waals surface area contributed by atoms with Gasteiger partial charge in [-0.05, 0) is 85.5 Å². The number of thiophene rings is 3. The molecule has 0 aliphatic heterocycles. The second-order valence-corrected chi connectivity index (χ2v) is 17.9. The third-order valence-corrected chi connectivity index (χ3v) is 13.3. The molecule has 0 radical (unpaired) electrons. The number of benzene rings is 2. The molecule has 0 saturated heterocycles. The SMILES string of the molecule is CCCCCCCCC#Cc1ccc(-c2ccc(-c3cc(OCCCCCC)c(-c4ccc(-c5cccc(O[PH](=O)O)c5)s4)cc3OCCCCCC)s2)s1. The van der Waals surface area contributed by atoms with Gasteiger partial charge in [-0.2, -0.15) is 0 Å². The van der Waals surface area contributed by atoms with Crippen molar-refractivity contribution in [3.05, 3.63) is 77.7 Å². The van der Waals surface area contributed by atoms with Crippen LogP contribution in [-0.4, -0.2) is 18.1 Å². The topological polar surface area (TPSA) is 65.0 Å². The molecule has 1 atom stereocenters. The molecule has 0 aliphatic rings. The van der Waals surface area contributed by atoms with Gasteiger partial charge in [-0.25, -0.2) is 4.57 Å². The predicted molar refractivity (Wildman–Crippen MR) is 238 cm³/mol. The summed E-state index contributed by atoms with van der Waals surface area (Å²) in [6.07, 6.45) is 17.7. The summed E-state index contributed by atoms with van der Waals surface area (Å²) >= 11 is 5.21. The molecule has 0 aliphatic carbocycles. The van der Waals surface area contributed by atoms with Crippen LogP contribution in [0.15, 0.2) is 72.8 Å². The lowest BCUT2D eigenvalue weighted by Gasteiger charge is -2.17. The minimum absolute atomic E-state index is 0.378. The molecule has 5 rings (SSSR count). The Kier molecular flexibility index (Phi) is 18.4. The van der Waals surface area contributed by atoms with Gasteiger partial charge in [0.15, 0.2) is 0 Å². The van der Waals surface area contributed by atoms with Crippen LogP contribution in [0.1, 0.15) is 122 Å². The Hall–Kier alpha value is -3.31. The van der Waals surface area contributed by atoms with Gasteiger partial charge < -0.3 is 18.9 Å². The van der Waals surface area contributed by atoms with Crippen molar-refractivity contribution >= 4 is 42.3 Å². The maximum Gasteiger partial charge on any atom is 0.365 e. The maximum absolute atomic E-state index is 11.4. The monoisotopic (exact) mass is 816 g/mol. The Morgan fingerprint density at radius 2 is 1.11 bits per heavy atom. The number of ether oxygens (including phenoxy) is 2. The summed E-state index contributed by atoms with van der Waals surface area (Å²) < 4.78 is 29.8. The lowest BCUT2D eigenvalue weighted by atomic mass is 10.1. The number of hydrogen-bond donors (Lipinski definition) is 1. The van der Waals surface area contributed by atoms with E-state index < -0.39 is 8.25 Å². The number of hydrogen-bond acceptors (Lipinski definition) is 7. The smallest absolute Gasteiger partial charge is 0.365 e. The lowest BCUT2D eigenvalue weighted by molar-refractivity contribution is 0.299. The van der Waals surface area contributed by atoms with E-state index in [1.807, 2.05) is 18.2 Å². The van der Waals surface area contributed by atoms with Crippen molar-refractivity contribution in [1.82, 2.24) is 0 Å². The molecule has 3 aromatic heterocycles. The van der Waals surface area contributed by atoms with Gasteiger partial charge in [0.1, 0.15) is 17.2 Å². The minimum atomic E-state index is -3.09. The molecule has 0 spiro atoms. The van der Waals surface area contributed by atoms with E-state index in [0.717, 1.165) is 79.8 Å². The fourth-order valence-corrected chi connectivity index (χ4v) is 9.70. The summed E-state index contributed by atoms with van der Waals surface area (Å²) in [5, 5.41) is 0. The van der Waals surface area contributed by atoms with Gasteiger partial charge in [0.2, 0.25) is 0 Å². The van der Waals surface area contributed by atoms with Gasteiger partial charge >= 0.3 is 8.25 Å². The molecule has 1 N–H and O–H groups in total. The van der Waals surface area contributed by atoms with Crippen molar-refractivity contribution in [2.24, 2.45) is 0 Å². The first kappa shape index (κ1) is 42.8. The van der Waals surface area contributed by atoms with E-state index in [2.05, 4.69) is 81.1 Å². The van der Waals surface area contributed by atoms with Crippen LogP contribution in [0.4, 0.5) is 0 Å². The Morgan fingerprint density at radius 1 is 0.582 bits per heavy atom. The van der Waals surface area contributed by atoms with Crippen molar-refractivity contribution < 1.29 is 23.5 Å². The molecule has 294 valence electrons. The van der Waals surface area contributed by atoms with Crippen molar-refractivity contribution in [1.29, 1.82) is 0 Å². The van der Waals surface area contributed by atoms with Crippen molar-refractivity contribution in [2.45, 2.75) is 117 Å². The highest BCUT2D eigenvalue weighted by molar-refractivity contribution is 7.32. The summed E-state index contributed by atoms with van der Waals surface area (Å²) in [6, 6.07) is 24.7. The molecule has 9 heteroatoms. The molecule has 3 heterocycles. The average molecular weight is 817 g/mol. The van der Waals surface area contributed by atoms with E-state index in [1.54, 1.807) is 40.1 Å². The highest BCUT2D eigenvalue weighted by atomic mass is 32.1. The summed E-state index contributed by atoms with van der Waals surface area (Å²) in [6.45, 7) is 8.02. The van der Waals surface area contributed by atoms with E-state index in [0.29, 0.717) is 19.0 Å². The molecular formula is C46H57O5PS3. The third kappa shape index (κ3) is 13.7. The van der Waals surface area contributed by atoms with Gasteiger partial charge in [0.25, 0.3) is 0 Å². The first-order valence-corrected chi connectivity index (χ1v) is 23.9. The molecule has 0 amide bonds. The summed E-state index contributed by atoms with van der Waals surface area (Å²) in [5.74, 6) is 8.92. The lowest BCUT2D eigenvalue weighted by Crippen LogP contribution is -2.02. The van der Waals surface area contributed by atoms with Crippen LogP contribution in [0.5, 0.6) is 17.2 Å². The average Bonchev–Trinajstić information content (AvgIpc) is 3.98. The Morgan fingerprint density at radius 3 is 1.75 bits per heavy atom. The van der Waals surface area contributed by atoms with Crippen LogP contribution in [0, 0.1) is 11.8 Å². The largest absolute Gasteiger partial charge is 0.493 e. The predicted octanol–water partition coefficient (Wildman–Crippen LogP) is 15.3. The molecule has 55 heavy (non-hydrogen) atoms. The van der Waals surface area contributed by atoms with Crippen LogP contribution < -0.4 is 14.0 Å². The number of unbranched alkanes of at least 4 members (excludes halogenated alkanes) is 12. The molecule has 2 aromatic carbocycles. The van der Waals surface area contributed by atoms with E-state index in [4.69, 9.17) is 14.0 Å². The van der Waals surface area contributed by atoms with Crippen molar-refractivity contribution in [3.63, 3.8) is 0 Å². The van der Waals surface area contributed by atoms with Crippen LogP contribution in [0.25, 0.3) is 41.1 Å². The van der Waals surface area contributed by atoms with E-state index >= 15 is 0 Å². The van der Waals surface area contributed by atoms with Crippen LogP contribution in [-0.2, 0) is 4.57 Å². The zero-order chi connectivity index (χ0) is 38.7. The van der Waals surface area contributed by atoms with Crippen LogP contribution in [0.2, 0.25) is 0 Å². The van der Waals surface area contributed by atoms with Gasteiger partial charge in [0, 0.05) is 41.9 Å². The quantitative estimate of drug-likeness (QED) is 0.0382.